The molecule has 1 saturated heterocycles. The molecule has 1 aliphatic rings. The predicted octanol–water partition coefficient (Wildman–Crippen LogP) is 1.53. The summed E-state index contributed by atoms with van der Waals surface area (Å²) in [6.45, 7) is 0.532. The molecule has 5 nitrogen and oxygen atoms in total. The number of hydrogen-bond acceptors (Lipinski definition) is 4. The number of benzene rings is 1. The van der Waals surface area contributed by atoms with Crippen molar-refractivity contribution in [2.75, 3.05) is 18.7 Å². The van der Waals surface area contributed by atoms with E-state index < -0.39 is 0 Å². The molecule has 0 radical (unpaired) electrons. The second-order valence-electron chi connectivity index (χ2n) is 5.30. The molecule has 0 spiro atoms. The van der Waals surface area contributed by atoms with E-state index in [-0.39, 0.29) is 30.7 Å². The molecule has 1 aliphatic heterocycles. The fourth-order valence-corrected chi connectivity index (χ4v) is 3.46. The van der Waals surface area contributed by atoms with Crippen LogP contribution in [0.25, 0.3) is 0 Å². The quantitative estimate of drug-likeness (QED) is 0.746. The highest BCUT2D eigenvalue weighted by Crippen LogP contribution is 2.20. The predicted molar refractivity (Wildman–Crippen MR) is 86.2 cm³/mol. The van der Waals surface area contributed by atoms with E-state index in [0.29, 0.717) is 18.2 Å². The maximum Gasteiger partial charge on any atom is 0.224 e. The lowest BCUT2D eigenvalue weighted by atomic mass is 10.2. The van der Waals surface area contributed by atoms with Crippen molar-refractivity contribution in [1.82, 2.24) is 9.80 Å². The average molecular weight is 320 g/mol. The molecule has 0 aromatic heterocycles. The molecule has 2 rings (SSSR count). The summed E-state index contributed by atoms with van der Waals surface area (Å²) < 4.78 is 0. The molecule has 22 heavy (non-hydrogen) atoms. The van der Waals surface area contributed by atoms with E-state index in [2.05, 4.69) is 0 Å². The molecule has 1 aromatic carbocycles. The highest BCUT2D eigenvalue weighted by molar-refractivity contribution is 7.99. The van der Waals surface area contributed by atoms with Gasteiger partial charge >= 0.3 is 0 Å². The molecule has 0 bridgehead atoms. The Labute approximate surface area is 134 Å². The zero-order valence-corrected chi connectivity index (χ0v) is 13.4. The van der Waals surface area contributed by atoms with Gasteiger partial charge in [0.15, 0.2) is 0 Å². The van der Waals surface area contributed by atoms with Crippen molar-refractivity contribution in [2.24, 2.45) is 0 Å². The van der Waals surface area contributed by atoms with Crippen LogP contribution in [-0.4, -0.2) is 52.6 Å². The standard InChI is InChI=1S/C16H20N2O3S/c1-17(9-13-5-3-2-4-6-13)15(20)7-8-16(21)18-12-22-11-14(18)10-19/h2-6,10,14H,7-9,11-12H2,1H3/t14-/m1/s1. The maximum atomic E-state index is 12.1. The van der Waals surface area contributed by atoms with Crippen LogP contribution in [0.4, 0.5) is 0 Å². The zero-order chi connectivity index (χ0) is 15.9. The molecule has 1 fully saturated rings. The topological polar surface area (TPSA) is 57.7 Å². The minimum Gasteiger partial charge on any atom is -0.341 e. The van der Waals surface area contributed by atoms with Gasteiger partial charge in [-0.3, -0.25) is 9.59 Å². The second kappa shape index (κ2) is 7.98. The molecule has 1 aromatic rings. The molecular formula is C16H20N2O3S. The van der Waals surface area contributed by atoms with E-state index in [9.17, 15) is 14.4 Å². The number of amides is 2. The summed E-state index contributed by atoms with van der Waals surface area (Å²) in [5.41, 5.74) is 1.06. The minimum absolute atomic E-state index is 0.0632. The first-order valence-corrected chi connectivity index (χ1v) is 8.37. The third-order valence-electron chi connectivity index (χ3n) is 3.64. The summed E-state index contributed by atoms with van der Waals surface area (Å²) in [7, 11) is 1.74. The van der Waals surface area contributed by atoms with E-state index in [0.717, 1.165) is 11.8 Å². The van der Waals surface area contributed by atoms with Crippen molar-refractivity contribution < 1.29 is 14.4 Å². The number of aldehydes is 1. The fourth-order valence-electron chi connectivity index (χ4n) is 2.32. The van der Waals surface area contributed by atoms with E-state index in [1.165, 1.54) is 0 Å². The Hall–Kier alpha value is -1.82. The number of nitrogens with zero attached hydrogens (tertiary/aromatic N) is 2. The molecule has 6 heteroatoms. The van der Waals surface area contributed by atoms with Crippen LogP contribution in [-0.2, 0) is 20.9 Å². The third kappa shape index (κ3) is 4.34. The average Bonchev–Trinajstić information content (AvgIpc) is 3.01. The van der Waals surface area contributed by atoms with Crippen LogP contribution in [0.1, 0.15) is 18.4 Å². The van der Waals surface area contributed by atoms with Crippen LogP contribution in [0.2, 0.25) is 0 Å². The van der Waals surface area contributed by atoms with Crippen molar-refractivity contribution in [3.63, 3.8) is 0 Å². The van der Waals surface area contributed by atoms with Gasteiger partial charge in [0, 0.05) is 32.2 Å². The Morgan fingerprint density at radius 1 is 1.32 bits per heavy atom. The first kappa shape index (κ1) is 16.5. The van der Waals surface area contributed by atoms with Crippen molar-refractivity contribution in [1.29, 1.82) is 0 Å². The van der Waals surface area contributed by atoms with E-state index in [4.69, 9.17) is 0 Å². The Balaban J connectivity index is 1.79. The summed E-state index contributed by atoms with van der Waals surface area (Å²) in [5.74, 6) is 1.00. The number of carbonyl (C=O) groups is 3. The molecule has 0 unspecified atom stereocenters. The Bertz CT molecular complexity index is 535. The van der Waals surface area contributed by atoms with Gasteiger partial charge in [-0.15, -0.1) is 11.8 Å². The minimum atomic E-state index is -0.338. The maximum absolute atomic E-state index is 12.1. The Morgan fingerprint density at radius 3 is 2.73 bits per heavy atom. The number of rotatable bonds is 6. The van der Waals surface area contributed by atoms with E-state index in [1.807, 2.05) is 30.3 Å². The van der Waals surface area contributed by atoms with Crippen LogP contribution in [0.5, 0.6) is 0 Å². The van der Waals surface area contributed by atoms with Gasteiger partial charge < -0.3 is 14.6 Å². The normalized spacial score (nSPS) is 17.3. The molecule has 0 aliphatic carbocycles. The molecule has 1 atom stereocenters. The van der Waals surface area contributed by atoms with Gasteiger partial charge in [-0.05, 0) is 5.56 Å². The highest BCUT2D eigenvalue weighted by Gasteiger charge is 2.28. The summed E-state index contributed by atoms with van der Waals surface area (Å²) in [6, 6.07) is 9.39. The van der Waals surface area contributed by atoms with Gasteiger partial charge in [0.1, 0.15) is 6.29 Å². The van der Waals surface area contributed by atoms with E-state index in [1.54, 1.807) is 28.6 Å². The van der Waals surface area contributed by atoms with Gasteiger partial charge in [-0.25, -0.2) is 0 Å². The van der Waals surface area contributed by atoms with Crippen molar-refractivity contribution >= 4 is 29.9 Å². The van der Waals surface area contributed by atoms with Crippen LogP contribution in [0.15, 0.2) is 30.3 Å². The van der Waals surface area contributed by atoms with Crippen LogP contribution >= 0.6 is 11.8 Å². The summed E-state index contributed by atoms with van der Waals surface area (Å²) in [5, 5.41) is 0. The molecular weight excluding hydrogens is 300 g/mol. The smallest absolute Gasteiger partial charge is 0.224 e. The first-order valence-electron chi connectivity index (χ1n) is 7.22. The Kier molecular flexibility index (Phi) is 6.00. The second-order valence-corrected chi connectivity index (χ2v) is 6.30. The summed E-state index contributed by atoms with van der Waals surface area (Å²) >= 11 is 1.56. The lowest BCUT2D eigenvalue weighted by Crippen LogP contribution is -2.38. The SMILES string of the molecule is CN(Cc1ccccc1)C(=O)CCC(=O)N1CSC[C@H]1C=O. The van der Waals surface area contributed by atoms with Gasteiger partial charge in [-0.2, -0.15) is 0 Å². The summed E-state index contributed by atoms with van der Waals surface area (Å²) in [4.78, 5) is 38.3. The van der Waals surface area contributed by atoms with Crippen molar-refractivity contribution in [3.05, 3.63) is 35.9 Å². The molecule has 0 N–H and O–H groups in total. The van der Waals surface area contributed by atoms with Gasteiger partial charge in [0.05, 0.1) is 11.9 Å². The van der Waals surface area contributed by atoms with Crippen LogP contribution in [0.3, 0.4) is 0 Å². The van der Waals surface area contributed by atoms with Gasteiger partial charge in [0.2, 0.25) is 11.8 Å². The van der Waals surface area contributed by atoms with Crippen LogP contribution < -0.4 is 0 Å². The number of thioether (sulfide) groups is 1. The fraction of sp³-hybridized carbons (Fsp3) is 0.438. The lowest BCUT2D eigenvalue weighted by Gasteiger charge is -2.21. The monoisotopic (exact) mass is 320 g/mol. The highest BCUT2D eigenvalue weighted by atomic mass is 32.2. The molecule has 2 amide bonds. The van der Waals surface area contributed by atoms with Gasteiger partial charge in [-0.1, -0.05) is 30.3 Å². The third-order valence-corrected chi connectivity index (χ3v) is 4.68. The summed E-state index contributed by atoms with van der Waals surface area (Å²) in [6.07, 6.45) is 1.14. The zero-order valence-electron chi connectivity index (χ0n) is 12.6. The van der Waals surface area contributed by atoms with Crippen molar-refractivity contribution in [3.8, 4) is 0 Å². The lowest BCUT2D eigenvalue weighted by molar-refractivity contribution is -0.137. The van der Waals surface area contributed by atoms with E-state index >= 15 is 0 Å². The Morgan fingerprint density at radius 2 is 2.05 bits per heavy atom. The van der Waals surface area contributed by atoms with Crippen LogP contribution in [0, 0.1) is 0 Å². The largest absolute Gasteiger partial charge is 0.341 e. The first-order chi connectivity index (χ1) is 10.6. The number of carbonyl (C=O) groups excluding carboxylic acids is 3. The molecule has 0 saturated carbocycles. The number of hydrogen-bond donors (Lipinski definition) is 0. The molecule has 118 valence electrons. The van der Waals surface area contributed by atoms with Gasteiger partial charge in [0.25, 0.3) is 0 Å². The molecule has 1 heterocycles. The van der Waals surface area contributed by atoms with Crippen molar-refractivity contribution in [2.45, 2.75) is 25.4 Å².